The molecule has 212 valence electrons. The molecular formula is C26H37NO11. The van der Waals surface area contributed by atoms with Crippen molar-refractivity contribution in [1.29, 1.82) is 5.26 Å². The lowest BCUT2D eigenvalue weighted by atomic mass is 9.82. The molecular weight excluding hydrogens is 502 g/mol. The van der Waals surface area contributed by atoms with E-state index in [1.54, 1.807) is 0 Å². The molecule has 0 aliphatic carbocycles. The van der Waals surface area contributed by atoms with Crippen molar-refractivity contribution in [3.8, 4) is 6.07 Å². The highest BCUT2D eigenvalue weighted by Crippen LogP contribution is 2.37. The zero-order valence-corrected chi connectivity index (χ0v) is 21.5. The number of ether oxygens (including phenoxy) is 5. The van der Waals surface area contributed by atoms with E-state index < -0.39 is 79.7 Å². The van der Waals surface area contributed by atoms with Crippen LogP contribution in [-0.4, -0.2) is 105 Å². The van der Waals surface area contributed by atoms with Gasteiger partial charge in [-0.2, -0.15) is 5.26 Å². The molecule has 0 bridgehead atoms. The molecule has 3 fully saturated rings. The number of aliphatic hydroxyl groups excluding tert-OH is 6. The maximum absolute atomic E-state index is 10.8. The van der Waals surface area contributed by atoms with E-state index in [0.29, 0.717) is 12.0 Å². The molecule has 38 heavy (non-hydrogen) atoms. The van der Waals surface area contributed by atoms with Gasteiger partial charge in [0.15, 0.2) is 18.9 Å². The summed E-state index contributed by atoms with van der Waals surface area (Å²) >= 11 is 0. The minimum Gasteiger partial charge on any atom is -0.394 e. The van der Waals surface area contributed by atoms with Crippen LogP contribution in [0.5, 0.6) is 0 Å². The second kappa shape index (κ2) is 11.8. The third-order valence-corrected chi connectivity index (χ3v) is 7.35. The Morgan fingerprint density at radius 1 is 0.947 bits per heavy atom. The summed E-state index contributed by atoms with van der Waals surface area (Å²) in [6, 6.07) is 9.92. The average Bonchev–Trinajstić information content (AvgIpc) is 2.91. The fraction of sp³-hybridized carbons (Fsp3) is 0.731. The van der Waals surface area contributed by atoms with E-state index in [1.165, 1.54) is 0 Å². The van der Waals surface area contributed by atoms with Crippen molar-refractivity contribution >= 4 is 0 Å². The lowest BCUT2D eigenvalue weighted by molar-refractivity contribution is -0.399. The second-order valence-electron chi connectivity index (χ2n) is 10.9. The number of rotatable bonds is 7. The number of nitrogens with zero attached hydrogens (tertiary/aromatic N) is 1. The van der Waals surface area contributed by atoms with Gasteiger partial charge in [0.25, 0.3) is 0 Å². The van der Waals surface area contributed by atoms with Gasteiger partial charge in [-0.15, -0.1) is 0 Å². The second-order valence-corrected chi connectivity index (χ2v) is 10.9. The van der Waals surface area contributed by atoms with E-state index in [2.05, 4.69) is 13.0 Å². The van der Waals surface area contributed by atoms with E-state index in [-0.39, 0.29) is 12.5 Å². The summed E-state index contributed by atoms with van der Waals surface area (Å²) in [5, 5.41) is 70.2. The minimum absolute atomic E-state index is 0.00215. The Bertz CT molecular complexity index is 965. The van der Waals surface area contributed by atoms with Crippen LogP contribution in [0, 0.1) is 16.7 Å². The maximum Gasteiger partial charge on any atom is 0.189 e. The Morgan fingerprint density at radius 3 is 2.21 bits per heavy atom. The fourth-order valence-electron chi connectivity index (χ4n) is 5.08. The summed E-state index contributed by atoms with van der Waals surface area (Å²) < 4.78 is 28.3. The molecule has 3 aliphatic heterocycles. The number of aliphatic hydroxyl groups is 6. The van der Waals surface area contributed by atoms with Crippen LogP contribution in [0.1, 0.15) is 50.5 Å². The molecule has 0 aromatic heterocycles. The highest BCUT2D eigenvalue weighted by Gasteiger charge is 2.52. The highest BCUT2D eigenvalue weighted by molar-refractivity contribution is 5.26. The first-order valence-corrected chi connectivity index (χ1v) is 12.7. The minimum atomic E-state index is -1.70. The van der Waals surface area contributed by atoms with Gasteiger partial charge in [0.05, 0.1) is 24.7 Å². The number of benzene rings is 1. The molecule has 1 aromatic rings. The SMILES string of the molecule is CC(CC(C)(C)C#N)c1ccc(C2OC[C@H]3O[C@H](O[C@H]4O[C@H](CO)[C@@H](O)[C@H](O)[C@H]4O)[C@H](O)[C@@H](O)[C@@H]3O2)cc1. The Morgan fingerprint density at radius 2 is 1.58 bits per heavy atom. The molecule has 2 unspecified atom stereocenters. The van der Waals surface area contributed by atoms with Crippen LogP contribution in [0.4, 0.5) is 0 Å². The number of hydrogen-bond acceptors (Lipinski definition) is 12. The molecule has 12 atom stereocenters. The molecule has 0 radical (unpaired) electrons. The fourth-order valence-corrected chi connectivity index (χ4v) is 5.08. The molecule has 3 heterocycles. The Kier molecular flexibility index (Phi) is 9.08. The summed E-state index contributed by atoms with van der Waals surface area (Å²) in [6.45, 7) is 5.23. The molecule has 3 saturated heterocycles. The van der Waals surface area contributed by atoms with Crippen LogP contribution in [0.25, 0.3) is 0 Å². The quantitative estimate of drug-likeness (QED) is 0.258. The van der Waals surface area contributed by atoms with Gasteiger partial charge in [0.2, 0.25) is 0 Å². The van der Waals surface area contributed by atoms with Crippen molar-refractivity contribution in [1.82, 2.24) is 0 Å². The van der Waals surface area contributed by atoms with Crippen molar-refractivity contribution in [3.05, 3.63) is 35.4 Å². The Labute approximate surface area is 220 Å². The third-order valence-electron chi connectivity index (χ3n) is 7.35. The van der Waals surface area contributed by atoms with Crippen LogP contribution in [0.3, 0.4) is 0 Å². The number of hydrogen-bond donors (Lipinski definition) is 6. The van der Waals surface area contributed by atoms with Crippen molar-refractivity contribution in [2.24, 2.45) is 5.41 Å². The predicted octanol–water partition coefficient (Wildman–Crippen LogP) is -0.593. The van der Waals surface area contributed by atoms with Gasteiger partial charge in [-0.05, 0) is 31.7 Å². The number of fused-ring (bicyclic) bond motifs is 1. The Balaban J connectivity index is 1.38. The molecule has 0 spiro atoms. The summed E-state index contributed by atoms with van der Waals surface area (Å²) in [4.78, 5) is 0. The van der Waals surface area contributed by atoms with Gasteiger partial charge in [-0.25, -0.2) is 0 Å². The van der Waals surface area contributed by atoms with Gasteiger partial charge < -0.3 is 54.3 Å². The first-order chi connectivity index (χ1) is 18.0. The molecule has 12 nitrogen and oxygen atoms in total. The lowest BCUT2D eigenvalue weighted by Gasteiger charge is -2.48. The largest absolute Gasteiger partial charge is 0.394 e. The van der Waals surface area contributed by atoms with E-state index >= 15 is 0 Å². The molecule has 6 N–H and O–H groups in total. The standard InChI is InChI=1S/C26H37NO11/c1-12(8-26(2,3)11-27)13-4-6-14(7-5-13)23-34-10-16-22(37-23)19(31)21(33)25(36-16)38-24-20(32)18(30)17(29)15(9-28)35-24/h4-7,12,15-25,28-33H,8-10H2,1-3H3/t12?,15-,16-,17-,18+,19-,20-,21-,22-,23?,24-,25-/m1/s1. The smallest absolute Gasteiger partial charge is 0.189 e. The lowest BCUT2D eigenvalue weighted by Crippen LogP contribution is -2.65. The first-order valence-electron chi connectivity index (χ1n) is 12.7. The van der Waals surface area contributed by atoms with Crippen LogP contribution >= 0.6 is 0 Å². The van der Waals surface area contributed by atoms with Crippen molar-refractivity contribution in [2.75, 3.05) is 13.2 Å². The van der Waals surface area contributed by atoms with Crippen LogP contribution in [0.15, 0.2) is 24.3 Å². The van der Waals surface area contributed by atoms with Gasteiger partial charge >= 0.3 is 0 Å². The topological polar surface area (TPSA) is 191 Å². The molecule has 1 aromatic carbocycles. The van der Waals surface area contributed by atoms with Crippen LogP contribution in [-0.2, 0) is 23.7 Å². The van der Waals surface area contributed by atoms with Crippen molar-refractivity contribution in [2.45, 2.75) is 101 Å². The monoisotopic (exact) mass is 539 g/mol. The van der Waals surface area contributed by atoms with Gasteiger partial charge in [0.1, 0.15) is 48.8 Å². The molecule has 12 heteroatoms. The zero-order chi connectivity index (χ0) is 27.8. The molecule has 3 aliphatic rings. The third kappa shape index (κ3) is 6.04. The van der Waals surface area contributed by atoms with Crippen molar-refractivity contribution < 1.29 is 54.3 Å². The van der Waals surface area contributed by atoms with E-state index in [4.69, 9.17) is 23.7 Å². The Hall–Kier alpha value is -1.73. The average molecular weight is 540 g/mol. The first kappa shape index (κ1) is 29.3. The summed E-state index contributed by atoms with van der Waals surface area (Å²) in [5.41, 5.74) is 1.33. The van der Waals surface area contributed by atoms with Crippen LogP contribution in [0.2, 0.25) is 0 Å². The zero-order valence-electron chi connectivity index (χ0n) is 21.5. The van der Waals surface area contributed by atoms with E-state index in [0.717, 1.165) is 5.56 Å². The summed E-state index contributed by atoms with van der Waals surface area (Å²) in [7, 11) is 0. The highest BCUT2D eigenvalue weighted by atomic mass is 16.8. The molecule has 0 amide bonds. The van der Waals surface area contributed by atoms with Gasteiger partial charge in [0, 0.05) is 5.56 Å². The summed E-state index contributed by atoms with van der Waals surface area (Å²) in [6.07, 6.45) is -14.1. The van der Waals surface area contributed by atoms with Crippen molar-refractivity contribution in [3.63, 3.8) is 0 Å². The number of nitriles is 1. The molecule has 4 rings (SSSR count). The van der Waals surface area contributed by atoms with E-state index in [1.807, 2.05) is 38.1 Å². The summed E-state index contributed by atoms with van der Waals surface area (Å²) in [5.74, 6) is 0.167. The maximum atomic E-state index is 10.8. The molecule has 0 saturated carbocycles. The van der Waals surface area contributed by atoms with Gasteiger partial charge in [-0.1, -0.05) is 31.2 Å². The van der Waals surface area contributed by atoms with E-state index in [9.17, 15) is 35.9 Å². The van der Waals surface area contributed by atoms with Gasteiger partial charge in [-0.3, -0.25) is 0 Å². The predicted molar refractivity (Wildman–Crippen MR) is 128 cm³/mol. The van der Waals surface area contributed by atoms with Crippen LogP contribution < -0.4 is 0 Å². The normalized spacial score (nSPS) is 40.7.